The van der Waals surface area contributed by atoms with E-state index in [1.165, 1.54) is 0 Å². The van der Waals surface area contributed by atoms with E-state index in [0.717, 1.165) is 12.0 Å². The molecule has 1 heterocycles. The number of hydrogen-bond acceptors (Lipinski definition) is 6. The van der Waals surface area contributed by atoms with Gasteiger partial charge in [0.05, 0.1) is 24.8 Å². The lowest BCUT2D eigenvalue weighted by Crippen LogP contribution is -2.39. The normalized spacial score (nSPS) is 10.6. The molecule has 8 nitrogen and oxygen atoms in total. The van der Waals surface area contributed by atoms with Crippen molar-refractivity contribution in [3.63, 3.8) is 0 Å². The van der Waals surface area contributed by atoms with E-state index in [2.05, 4.69) is 15.5 Å². The Kier molecular flexibility index (Phi) is 7.72. The van der Waals surface area contributed by atoms with Gasteiger partial charge in [0.15, 0.2) is 11.5 Å². The Morgan fingerprint density at radius 1 is 1.13 bits per heavy atom. The standard InChI is InChI=1S/C22H25ClN4O4/c1-4-11-27(14-20-25-26-21(31-20)16-7-5-6-8-17(16)23)22(28)24-13-15-9-10-18(29-2)19(12-15)30-3/h5-10,12H,4,11,13-14H2,1-3H3,(H,24,28). The number of halogens is 1. The number of methoxy groups -OCH3 is 2. The summed E-state index contributed by atoms with van der Waals surface area (Å²) in [7, 11) is 3.15. The van der Waals surface area contributed by atoms with Gasteiger partial charge in [-0.25, -0.2) is 4.79 Å². The Morgan fingerprint density at radius 3 is 2.61 bits per heavy atom. The van der Waals surface area contributed by atoms with Gasteiger partial charge in [-0.05, 0) is 36.2 Å². The van der Waals surface area contributed by atoms with Gasteiger partial charge in [-0.3, -0.25) is 0 Å². The second kappa shape index (κ2) is 10.7. The topological polar surface area (TPSA) is 89.7 Å². The molecule has 0 unspecified atom stereocenters. The van der Waals surface area contributed by atoms with Crippen LogP contribution in [-0.4, -0.2) is 41.9 Å². The van der Waals surface area contributed by atoms with E-state index in [4.69, 9.17) is 25.5 Å². The third-order valence-corrected chi connectivity index (χ3v) is 4.90. The minimum atomic E-state index is -0.228. The lowest BCUT2D eigenvalue weighted by atomic mass is 10.2. The molecule has 0 saturated carbocycles. The zero-order valence-corrected chi connectivity index (χ0v) is 18.5. The van der Waals surface area contributed by atoms with Gasteiger partial charge in [0.25, 0.3) is 0 Å². The van der Waals surface area contributed by atoms with Crippen LogP contribution in [0.2, 0.25) is 5.02 Å². The molecule has 0 saturated heterocycles. The zero-order chi connectivity index (χ0) is 22.2. The van der Waals surface area contributed by atoms with Crippen molar-refractivity contribution in [2.45, 2.75) is 26.4 Å². The molecule has 2 aromatic carbocycles. The van der Waals surface area contributed by atoms with E-state index < -0.39 is 0 Å². The van der Waals surface area contributed by atoms with Crippen molar-refractivity contribution in [2.75, 3.05) is 20.8 Å². The number of rotatable bonds is 9. The molecule has 0 bridgehead atoms. The van der Waals surface area contributed by atoms with Crippen LogP contribution in [0.25, 0.3) is 11.5 Å². The summed E-state index contributed by atoms with van der Waals surface area (Å²) in [6.45, 7) is 3.08. The van der Waals surface area contributed by atoms with Crippen LogP contribution in [0, 0.1) is 0 Å². The summed E-state index contributed by atoms with van der Waals surface area (Å²) < 4.78 is 16.3. The number of benzene rings is 2. The Labute approximate surface area is 186 Å². The first-order valence-corrected chi connectivity index (χ1v) is 10.2. The molecule has 1 aromatic heterocycles. The van der Waals surface area contributed by atoms with Crippen molar-refractivity contribution >= 4 is 17.6 Å². The molecule has 3 aromatic rings. The Hall–Kier alpha value is -3.26. The molecule has 0 aliphatic rings. The van der Waals surface area contributed by atoms with Gasteiger partial charge in [0.1, 0.15) is 6.54 Å². The predicted octanol–water partition coefficient (Wildman–Crippen LogP) is 4.53. The molecular formula is C22H25ClN4O4. The van der Waals surface area contributed by atoms with Crippen molar-refractivity contribution < 1.29 is 18.7 Å². The van der Waals surface area contributed by atoms with Crippen molar-refractivity contribution in [3.05, 3.63) is 58.9 Å². The summed E-state index contributed by atoms with van der Waals surface area (Å²) >= 11 is 6.19. The van der Waals surface area contributed by atoms with Crippen LogP contribution in [0.3, 0.4) is 0 Å². The summed E-state index contributed by atoms with van der Waals surface area (Å²) in [5.74, 6) is 1.90. The molecule has 31 heavy (non-hydrogen) atoms. The SMILES string of the molecule is CCCN(Cc1nnc(-c2ccccc2Cl)o1)C(=O)NCc1ccc(OC)c(OC)c1. The minimum Gasteiger partial charge on any atom is -0.493 e. The molecular weight excluding hydrogens is 420 g/mol. The van der Waals surface area contributed by atoms with E-state index >= 15 is 0 Å². The van der Waals surface area contributed by atoms with E-state index in [-0.39, 0.29) is 12.6 Å². The third-order valence-electron chi connectivity index (χ3n) is 4.57. The van der Waals surface area contributed by atoms with Gasteiger partial charge in [-0.15, -0.1) is 10.2 Å². The van der Waals surface area contributed by atoms with Gasteiger partial charge in [0.2, 0.25) is 11.8 Å². The number of amides is 2. The maximum Gasteiger partial charge on any atom is 0.318 e. The first-order chi connectivity index (χ1) is 15.0. The molecule has 0 spiro atoms. The quantitative estimate of drug-likeness (QED) is 0.521. The van der Waals surface area contributed by atoms with Gasteiger partial charge in [0, 0.05) is 13.1 Å². The van der Waals surface area contributed by atoms with Crippen LogP contribution < -0.4 is 14.8 Å². The fourth-order valence-corrected chi connectivity index (χ4v) is 3.24. The van der Waals surface area contributed by atoms with Gasteiger partial charge < -0.3 is 24.1 Å². The molecule has 2 amide bonds. The lowest BCUT2D eigenvalue weighted by Gasteiger charge is -2.21. The first-order valence-electron chi connectivity index (χ1n) is 9.86. The van der Waals surface area contributed by atoms with Crippen molar-refractivity contribution in [3.8, 4) is 23.0 Å². The number of carbonyl (C=O) groups excluding carboxylic acids is 1. The van der Waals surface area contributed by atoms with Crippen LogP contribution in [-0.2, 0) is 13.1 Å². The molecule has 3 rings (SSSR count). The van der Waals surface area contributed by atoms with Crippen LogP contribution >= 0.6 is 11.6 Å². The second-order valence-electron chi connectivity index (χ2n) is 6.75. The van der Waals surface area contributed by atoms with E-state index in [9.17, 15) is 4.79 Å². The smallest absolute Gasteiger partial charge is 0.318 e. The monoisotopic (exact) mass is 444 g/mol. The molecule has 164 valence electrons. The average Bonchev–Trinajstić information content (AvgIpc) is 3.25. The van der Waals surface area contributed by atoms with Crippen molar-refractivity contribution in [1.29, 1.82) is 0 Å². The Bertz CT molecular complexity index is 1020. The van der Waals surface area contributed by atoms with Gasteiger partial charge >= 0.3 is 6.03 Å². The Morgan fingerprint density at radius 2 is 1.90 bits per heavy atom. The highest BCUT2D eigenvalue weighted by molar-refractivity contribution is 6.33. The average molecular weight is 445 g/mol. The Balaban J connectivity index is 1.65. The number of hydrogen-bond donors (Lipinski definition) is 1. The fraction of sp³-hybridized carbons (Fsp3) is 0.318. The van der Waals surface area contributed by atoms with Crippen LogP contribution in [0.1, 0.15) is 24.8 Å². The summed E-state index contributed by atoms with van der Waals surface area (Å²) in [4.78, 5) is 14.4. The summed E-state index contributed by atoms with van der Waals surface area (Å²) in [5, 5.41) is 11.6. The minimum absolute atomic E-state index is 0.197. The highest BCUT2D eigenvalue weighted by Crippen LogP contribution is 2.28. The highest BCUT2D eigenvalue weighted by Gasteiger charge is 2.18. The first kappa shape index (κ1) is 22.4. The molecule has 0 aliphatic heterocycles. The number of urea groups is 1. The summed E-state index contributed by atoms with van der Waals surface area (Å²) in [6, 6.07) is 12.5. The second-order valence-corrected chi connectivity index (χ2v) is 7.16. The van der Waals surface area contributed by atoms with Crippen LogP contribution in [0.5, 0.6) is 11.5 Å². The van der Waals surface area contributed by atoms with Crippen LogP contribution in [0.4, 0.5) is 4.79 Å². The number of aromatic nitrogens is 2. The molecule has 1 N–H and O–H groups in total. The molecule has 9 heteroatoms. The zero-order valence-electron chi connectivity index (χ0n) is 17.7. The molecule has 0 radical (unpaired) electrons. The molecule has 0 aliphatic carbocycles. The predicted molar refractivity (Wildman–Crippen MR) is 117 cm³/mol. The lowest BCUT2D eigenvalue weighted by molar-refractivity contribution is 0.189. The van der Waals surface area contributed by atoms with Gasteiger partial charge in [-0.2, -0.15) is 0 Å². The number of nitrogens with one attached hydrogen (secondary N) is 1. The van der Waals surface area contributed by atoms with E-state index in [1.54, 1.807) is 37.3 Å². The van der Waals surface area contributed by atoms with Crippen molar-refractivity contribution in [2.24, 2.45) is 0 Å². The summed E-state index contributed by atoms with van der Waals surface area (Å²) in [6.07, 6.45) is 0.787. The largest absolute Gasteiger partial charge is 0.493 e. The fourth-order valence-electron chi connectivity index (χ4n) is 3.03. The highest BCUT2D eigenvalue weighted by atomic mass is 35.5. The maximum atomic E-state index is 12.8. The molecule has 0 fully saturated rings. The van der Waals surface area contributed by atoms with Crippen LogP contribution in [0.15, 0.2) is 46.9 Å². The molecule has 0 atom stereocenters. The van der Waals surface area contributed by atoms with E-state index in [1.807, 2.05) is 31.2 Å². The third kappa shape index (κ3) is 5.67. The summed E-state index contributed by atoms with van der Waals surface area (Å²) in [5.41, 5.74) is 1.55. The maximum absolute atomic E-state index is 12.8. The number of ether oxygens (including phenoxy) is 2. The number of nitrogens with zero attached hydrogens (tertiary/aromatic N) is 3. The number of carbonyl (C=O) groups is 1. The van der Waals surface area contributed by atoms with Crippen molar-refractivity contribution in [1.82, 2.24) is 20.4 Å². The van der Waals surface area contributed by atoms with E-state index in [0.29, 0.717) is 47.0 Å². The van der Waals surface area contributed by atoms with Gasteiger partial charge in [-0.1, -0.05) is 36.7 Å².